The second-order valence-electron chi connectivity index (χ2n) is 7.24. The Balaban J connectivity index is 1.67. The van der Waals surface area contributed by atoms with Crippen LogP contribution in [0.1, 0.15) is 35.7 Å². The van der Waals surface area contributed by atoms with Gasteiger partial charge in [0.1, 0.15) is 0 Å². The van der Waals surface area contributed by atoms with Crippen LogP contribution < -0.4 is 9.47 Å². The summed E-state index contributed by atoms with van der Waals surface area (Å²) in [6, 6.07) is 14.5. The van der Waals surface area contributed by atoms with Crippen molar-refractivity contribution >= 4 is 22.5 Å². The van der Waals surface area contributed by atoms with Crippen LogP contribution in [0.3, 0.4) is 0 Å². The first kappa shape index (κ1) is 17.4. The average molecular weight is 394 g/mol. The molecular weight excluding hydrogens is 374 g/mol. The van der Waals surface area contributed by atoms with Gasteiger partial charge >= 0.3 is 0 Å². The molecule has 28 heavy (non-hydrogen) atoms. The summed E-state index contributed by atoms with van der Waals surface area (Å²) >= 11 is 6.42. The number of unbranched alkanes of at least 4 members (excludes halogenated alkanes) is 1. The molecule has 142 valence electrons. The molecule has 3 aromatic rings. The van der Waals surface area contributed by atoms with E-state index in [0.29, 0.717) is 17.2 Å². The Morgan fingerprint density at radius 3 is 3.04 bits per heavy atom. The Hall–Kier alpha value is -2.68. The van der Waals surface area contributed by atoms with Crippen molar-refractivity contribution < 1.29 is 9.47 Å². The molecule has 2 aliphatic rings. The van der Waals surface area contributed by atoms with E-state index < -0.39 is 0 Å². The summed E-state index contributed by atoms with van der Waals surface area (Å²) in [5, 5.41) is 10.9. The van der Waals surface area contributed by atoms with Crippen LogP contribution in [-0.2, 0) is 6.42 Å². The lowest BCUT2D eigenvalue weighted by molar-refractivity contribution is 0.168. The Kier molecular flexibility index (Phi) is 4.38. The third-order valence-electron chi connectivity index (χ3n) is 5.63. The summed E-state index contributed by atoms with van der Waals surface area (Å²) < 4.78 is 11.4. The molecule has 2 aromatic carbocycles. The first-order valence-electron chi connectivity index (χ1n) is 9.56. The lowest BCUT2D eigenvalue weighted by Gasteiger charge is -2.36. The maximum absolute atomic E-state index is 8.97. The first-order valence-corrected chi connectivity index (χ1v) is 9.93. The molecule has 0 aliphatic carbocycles. The summed E-state index contributed by atoms with van der Waals surface area (Å²) in [6.07, 6.45) is 2.36. The number of hydrogen-bond donors (Lipinski definition) is 1. The quantitative estimate of drug-likeness (QED) is 0.646. The minimum Gasteiger partial charge on any atom is -0.454 e. The smallest absolute Gasteiger partial charge is 0.231 e. The highest BCUT2D eigenvalue weighted by Crippen LogP contribution is 2.47. The van der Waals surface area contributed by atoms with Crippen LogP contribution in [-0.4, -0.2) is 29.8 Å². The number of ether oxygens (including phenoxy) is 2. The molecule has 0 bridgehead atoms. The Bertz CT molecular complexity index is 1090. The predicted octanol–water partition coefficient (Wildman–Crippen LogP) is 4.80. The third-order valence-corrected chi connectivity index (χ3v) is 5.85. The van der Waals surface area contributed by atoms with E-state index in [1.54, 1.807) is 0 Å². The van der Waals surface area contributed by atoms with Gasteiger partial charge in [-0.15, -0.1) is 0 Å². The molecule has 0 saturated heterocycles. The van der Waals surface area contributed by atoms with Gasteiger partial charge in [-0.1, -0.05) is 29.8 Å². The van der Waals surface area contributed by atoms with Gasteiger partial charge in [0.05, 0.1) is 12.1 Å². The molecule has 5 nitrogen and oxygen atoms in total. The van der Waals surface area contributed by atoms with Crippen molar-refractivity contribution in [2.24, 2.45) is 0 Å². The van der Waals surface area contributed by atoms with E-state index in [9.17, 15) is 0 Å². The highest BCUT2D eigenvalue weighted by molar-refractivity contribution is 6.30. The highest BCUT2D eigenvalue weighted by atomic mass is 35.5. The number of nitriles is 1. The van der Waals surface area contributed by atoms with Gasteiger partial charge in [-0.3, -0.25) is 4.90 Å². The molecule has 0 spiro atoms. The van der Waals surface area contributed by atoms with Crippen molar-refractivity contribution in [3.8, 4) is 17.6 Å². The maximum Gasteiger partial charge on any atom is 0.231 e. The van der Waals surface area contributed by atoms with Crippen LogP contribution in [0.4, 0.5) is 0 Å². The van der Waals surface area contributed by atoms with Crippen LogP contribution in [0.25, 0.3) is 10.9 Å². The van der Waals surface area contributed by atoms with E-state index in [0.717, 1.165) is 42.8 Å². The van der Waals surface area contributed by atoms with E-state index in [2.05, 4.69) is 40.2 Å². The number of hydrogen-bond acceptors (Lipinski definition) is 4. The number of halogens is 1. The molecular formula is C22H20ClN3O2. The molecule has 1 aromatic heterocycles. The van der Waals surface area contributed by atoms with Crippen molar-refractivity contribution in [1.29, 1.82) is 5.26 Å². The zero-order valence-electron chi connectivity index (χ0n) is 15.4. The van der Waals surface area contributed by atoms with E-state index in [1.807, 2.05) is 12.1 Å². The lowest BCUT2D eigenvalue weighted by atomic mass is 9.91. The molecule has 5 rings (SSSR count). The summed E-state index contributed by atoms with van der Waals surface area (Å²) in [5.74, 6) is 1.47. The van der Waals surface area contributed by atoms with Gasteiger partial charge in [-0.05, 0) is 30.5 Å². The van der Waals surface area contributed by atoms with E-state index in [4.69, 9.17) is 26.3 Å². The third kappa shape index (κ3) is 2.81. The number of H-pyrrole nitrogens is 1. The average Bonchev–Trinajstić information content (AvgIpc) is 3.31. The van der Waals surface area contributed by atoms with Crippen molar-refractivity contribution in [2.75, 3.05) is 19.9 Å². The number of fused-ring (bicyclic) bond motifs is 4. The fourth-order valence-electron chi connectivity index (χ4n) is 4.45. The second-order valence-corrected chi connectivity index (χ2v) is 7.68. The van der Waals surface area contributed by atoms with Crippen LogP contribution in [0, 0.1) is 11.3 Å². The highest BCUT2D eigenvalue weighted by Gasteiger charge is 2.35. The summed E-state index contributed by atoms with van der Waals surface area (Å²) in [5.41, 5.74) is 4.70. The Morgan fingerprint density at radius 1 is 1.25 bits per heavy atom. The maximum atomic E-state index is 8.97. The van der Waals surface area contributed by atoms with Crippen LogP contribution >= 0.6 is 11.6 Å². The predicted molar refractivity (Wildman–Crippen MR) is 108 cm³/mol. The minimum absolute atomic E-state index is 0.0102. The van der Waals surface area contributed by atoms with Crippen molar-refractivity contribution in [2.45, 2.75) is 25.3 Å². The number of para-hydroxylation sites is 1. The molecule has 0 saturated carbocycles. The van der Waals surface area contributed by atoms with Gasteiger partial charge in [0.25, 0.3) is 0 Å². The van der Waals surface area contributed by atoms with Gasteiger partial charge in [0, 0.05) is 52.8 Å². The van der Waals surface area contributed by atoms with Crippen LogP contribution in [0.2, 0.25) is 5.02 Å². The molecule has 0 amide bonds. The topological polar surface area (TPSA) is 61.3 Å². The van der Waals surface area contributed by atoms with E-state index in [-0.39, 0.29) is 12.8 Å². The van der Waals surface area contributed by atoms with E-state index >= 15 is 0 Å². The molecule has 0 fully saturated rings. The number of rotatable bonds is 4. The number of nitrogens with zero attached hydrogens (tertiary/aromatic N) is 2. The first-order chi connectivity index (χ1) is 13.8. The number of nitrogens with one attached hydrogen (secondary N) is 1. The van der Waals surface area contributed by atoms with Gasteiger partial charge in [-0.2, -0.15) is 5.26 Å². The number of aromatic nitrogens is 1. The van der Waals surface area contributed by atoms with Gasteiger partial charge in [0.2, 0.25) is 6.79 Å². The molecule has 1 unspecified atom stereocenters. The van der Waals surface area contributed by atoms with Gasteiger partial charge < -0.3 is 14.5 Å². The molecule has 6 heteroatoms. The Morgan fingerprint density at radius 2 is 2.14 bits per heavy atom. The fraction of sp³-hybridized carbons (Fsp3) is 0.318. The molecule has 3 heterocycles. The largest absolute Gasteiger partial charge is 0.454 e. The lowest BCUT2D eigenvalue weighted by Crippen LogP contribution is -2.37. The van der Waals surface area contributed by atoms with Gasteiger partial charge in [0.15, 0.2) is 11.5 Å². The Labute approximate surface area is 168 Å². The number of benzene rings is 2. The van der Waals surface area contributed by atoms with E-state index in [1.165, 1.54) is 16.6 Å². The van der Waals surface area contributed by atoms with Crippen molar-refractivity contribution in [3.05, 3.63) is 58.2 Å². The second kappa shape index (κ2) is 7.05. The molecule has 1 atom stereocenters. The standard InChI is InChI=1S/C22H20ClN3O2/c23-14-11-17(22-19(12-14)27-13-28-22)21-20-16(7-10-26(21)9-4-3-8-24)15-5-1-2-6-18(15)25-20/h1-2,5-6,11-12,21,25H,3-4,7,9-10,13H2. The number of aromatic amines is 1. The minimum atomic E-state index is -0.0102. The molecule has 1 N–H and O–H groups in total. The van der Waals surface area contributed by atoms with Crippen LogP contribution in [0.15, 0.2) is 36.4 Å². The van der Waals surface area contributed by atoms with Crippen molar-refractivity contribution in [3.63, 3.8) is 0 Å². The summed E-state index contributed by atoms with van der Waals surface area (Å²) in [4.78, 5) is 6.07. The van der Waals surface area contributed by atoms with Crippen molar-refractivity contribution in [1.82, 2.24) is 9.88 Å². The fourth-order valence-corrected chi connectivity index (χ4v) is 4.67. The SMILES string of the molecule is N#CCCCN1CCc2c([nH]c3ccccc23)C1c1cc(Cl)cc2c1OCO2. The van der Waals surface area contributed by atoms with Crippen LogP contribution in [0.5, 0.6) is 11.5 Å². The normalized spacial score (nSPS) is 18.2. The summed E-state index contributed by atoms with van der Waals surface area (Å²) in [7, 11) is 0. The molecule has 2 aliphatic heterocycles. The zero-order chi connectivity index (χ0) is 19.1. The summed E-state index contributed by atoms with van der Waals surface area (Å²) in [6.45, 7) is 1.98. The zero-order valence-corrected chi connectivity index (χ0v) is 16.1. The monoisotopic (exact) mass is 393 g/mol. The molecule has 0 radical (unpaired) electrons. The van der Waals surface area contributed by atoms with Gasteiger partial charge in [-0.25, -0.2) is 0 Å².